The zero-order chi connectivity index (χ0) is 26.2. The van der Waals surface area contributed by atoms with Crippen LogP contribution in [-0.4, -0.2) is 25.8 Å². The van der Waals surface area contributed by atoms with Crippen molar-refractivity contribution < 1.29 is 23.7 Å². The quantitative estimate of drug-likeness (QED) is 0.105. The van der Waals surface area contributed by atoms with Crippen LogP contribution in [0.1, 0.15) is 105 Å². The third-order valence-corrected chi connectivity index (χ3v) is 6.17. The van der Waals surface area contributed by atoms with Gasteiger partial charge in [0, 0.05) is 22.2 Å². The van der Waals surface area contributed by atoms with Crippen molar-refractivity contribution in [3.8, 4) is 23.0 Å². The molecule has 0 aromatic heterocycles. The van der Waals surface area contributed by atoms with Crippen LogP contribution in [0.2, 0.25) is 5.02 Å². The summed E-state index contributed by atoms with van der Waals surface area (Å²) in [7, 11) is 0. The van der Waals surface area contributed by atoms with Gasteiger partial charge in [-0.2, -0.15) is 0 Å². The molecule has 0 amide bonds. The molecule has 2 aromatic rings. The number of benzene rings is 2. The van der Waals surface area contributed by atoms with E-state index in [0.717, 1.165) is 50.3 Å². The number of fused-ring (bicyclic) bond motifs is 1. The highest BCUT2D eigenvalue weighted by atomic mass is 35.5. The number of unbranched alkanes of at least 4 members (excludes halogenated alkanes) is 7. The van der Waals surface area contributed by atoms with Gasteiger partial charge in [-0.05, 0) is 43.9 Å². The second kappa shape index (κ2) is 17.3. The van der Waals surface area contributed by atoms with Crippen LogP contribution in [0.15, 0.2) is 18.2 Å². The average Bonchev–Trinajstić information content (AvgIpc) is 2.87. The number of halogens is 1. The third-order valence-electron chi connectivity index (χ3n) is 5.94. The Bertz CT molecular complexity index is 927. The Balaban J connectivity index is 2.49. The largest absolute Gasteiger partial charge is 0.489 e. The second-order valence-corrected chi connectivity index (χ2v) is 9.69. The topological polar surface area (TPSA) is 54.0 Å². The van der Waals surface area contributed by atoms with Gasteiger partial charge in [0.2, 0.25) is 11.5 Å². The molecule has 0 aliphatic heterocycles. The highest BCUT2D eigenvalue weighted by Crippen LogP contribution is 2.52. The summed E-state index contributed by atoms with van der Waals surface area (Å²) in [6.45, 7) is 10.0. The highest BCUT2D eigenvalue weighted by molar-refractivity contribution is 6.31. The maximum atomic E-state index is 12.9. The number of esters is 1. The fourth-order valence-electron chi connectivity index (χ4n) is 4.01. The van der Waals surface area contributed by atoms with Gasteiger partial charge in [-0.25, -0.2) is 0 Å². The molecule has 202 valence electrons. The van der Waals surface area contributed by atoms with Crippen molar-refractivity contribution >= 4 is 28.3 Å². The van der Waals surface area contributed by atoms with Gasteiger partial charge in [0.15, 0.2) is 11.5 Å². The number of ether oxygens (including phenoxy) is 4. The summed E-state index contributed by atoms with van der Waals surface area (Å²) < 4.78 is 24.7. The Morgan fingerprint density at radius 2 is 1.22 bits per heavy atom. The van der Waals surface area contributed by atoms with Crippen molar-refractivity contribution in [2.24, 2.45) is 0 Å². The van der Waals surface area contributed by atoms with Crippen molar-refractivity contribution in [2.45, 2.75) is 105 Å². The normalized spacial score (nSPS) is 11.0. The average molecular weight is 521 g/mol. The van der Waals surface area contributed by atoms with E-state index in [1.54, 1.807) is 0 Å². The number of rotatable bonds is 19. The Morgan fingerprint density at radius 1 is 0.639 bits per heavy atom. The standard InChI is InChI=1S/C30H45ClO5/c1-5-9-11-13-14-16-26(32)36-28-25-22-23(31)17-18-24(25)27(35-21-15-12-10-6-2)29(33-19-7-3)30(28)34-20-8-4/h17-18,22H,5-16,19-21H2,1-4H3. The smallest absolute Gasteiger partial charge is 0.311 e. The molecule has 0 saturated carbocycles. The Hall–Kier alpha value is -2.14. The van der Waals surface area contributed by atoms with Crippen molar-refractivity contribution in [3.63, 3.8) is 0 Å². The van der Waals surface area contributed by atoms with Crippen LogP contribution in [0.5, 0.6) is 23.0 Å². The van der Waals surface area contributed by atoms with E-state index in [1.807, 2.05) is 25.1 Å². The van der Waals surface area contributed by atoms with Crippen LogP contribution in [0, 0.1) is 0 Å². The number of carbonyl (C=O) groups excluding carboxylic acids is 1. The SMILES string of the molecule is CCCCCCCC(=O)Oc1c(OCCC)c(OCCC)c(OCCCCCC)c2ccc(Cl)cc12. The van der Waals surface area contributed by atoms with Gasteiger partial charge in [0.25, 0.3) is 0 Å². The Labute approximate surface area is 222 Å². The lowest BCUT2D eigenvalue weighted by molar-refractivity contribution is -0.134. The number of hydrogen-bond donors (Lipinski definition) is 0. The summed E-state index contributed by atoms with van der Waals surface area (Å²) >= 11 is 6.40. The summed E-state index contributed by atoms with van der Waals surface area (Å²) in [5, 5.41) is 2.05. The van der Waals surface area contributed by atoms with E-state index in [4.69, 9.17) is 30.5 Å². The lowest BCUT2D eigenvalue weighted by atomic mass is 10.1. The summed E-state index contributed by atoms with van der Waals surface area (Å²) in [5.41, 5.74) is 0. The van der Waals surface area contributed by atoms with E-state index in [1.165, 1.54) is 25.7 Å². The number of hydrogen-bond acceptors (Lipinski definition) is 5. The summed E-state index contributed by atoms with van der Waals surface area (Å²) in [6.07, 6.45) is 11.7. The number of carbonyl (C=O) groups is 1. The summed E-state index contributed by atoms with van der Waals surface area (Å²) in [5.74, 6) is 1.63. The molecular weight excluding hydrogens is 476 g/mol. The molecule has 2 rings (SSSR count). The minimum atomic E-state index is -0.274. The van der Waals surface area contributed by atoms with Gasteiger partial charge in [-0.3, -0.25) is 4.79 Å². The monoisotopic (exact) mass is 520 g/mol. The van der Waals surface area contributed by atoms with E-state index in [0.29, 0.717) is 59.6 Å². The molecule has 0 unspecified atom stereocenters. The van der Waals surface area contributed by atoms with Gasteiger partial charge in [-0.15, -0.1) is 0 Å². The lowest BCUT2D eigenvalue weighted by Crippen LogP contribution is -2.12. The lowest BCUT2D eigenvalue weighted by Gasteiger charge is -2.22. The molecule has 0 spiro atoms. The van der Waals surface area contributed by atoms with Crippen molar-refractivity contribution in [1.29, 1.82) is 0 Å². The Kier molecular flexibility index (Phi) is 14.5. The molecular formula is C30H45ClO5. The van der Waals surface area contributed by atoms with E-state index >= 15 is 0 Å². The predicted octanol–water partition coefficient (Wildman–Crippen LogP) is 9.30. The molecule has 0 aliphatic carbocycles. The van der Waals surface area contributed by atoms with E-state index in [2.05, 4.69) is 20.8 Å². The van der Waals surface area contributed by atoms with Crippen LogP contribution >= 0.6 is 11.6 Å². The maximum Gasteiger partial charge on any atom is 0.311 e. The predicted molar refractivity (Wildman–Crippen MR) is 149 cm³/mol. The van der Waals surface area contributed by atoms with Gasteiger partial charge >= 0.3 is 5.97 Å². The van der Waals surface area contributed by atoms with Crippen LogP contribution < -0.4 is 18.9 Å². The molecule has 0 fully saturated rings. The molecule has 0 heterocycles. The van der Waals surface area contributed by atoms with E-state index in [-0.39, 0.29) is 5.97 Å². The molecule has 0 atom stereocenters. The fraction of sp³-hybridized carbons (Fsp3) is 0.633. The fourth-order valence-corrected chi connectivity index (χ4v) is 4.18. The van der Waals surface area contributed by atoms with Gasteiger partial charge in [-0.1, -0.05) is 84.2 Å². The first-order valence-corrected chi connectivity index (χ1v) is 14.3. The minimum absolute atomic E-state index is 0.274. The van der Waals surface area contributed by atoms with Crippen LogP contribution in [0.3, 0.4) is 0 Å². The zero-order valence-corrected chi connectivity index (χ0v) is 23.5. The third kappa shape index (κ3) is 9.38. The molecule has 6 heteroatoms. The molecule has 0 aliphatic rings. The van der Waals surface area contributed by atoms with Crippen molar-refractivity contribution in [1.82, 2.24) is 0 Å². The molecule has 5 nitrogen and oxygen atoms in total. The van der Waals surface area contributed by atoms with Crippen LogP contribution in [0.4, 0.5) is 0 Å². The first kappa shape index (κ1) is 30.1. The Morgan fingerprint density at radius 3 is 1.86 bits per heavy atom. The first-order valence-electron chi connectivity index (χ1n) is 13.9. The summed E-state index contributed by atoms with van der Waals surface area (Å²) in [4.78, 5) is 12.9. The van der Waals surface area contributed by atoms with Gasteiger partial charge < -0.3 is 18.9 Å². The molecule has 0 radical (unpaired) electrons. The molecule has 0 saturated heterocycles. The van der Waals surface area contributed by atoms with Crippen molar-refractivity contribution in [3.05, 3.63) is 23.2 Å². The maximum absolute atomic E-state index is 12.9. The van der Waals surface area contributed by atoms with E-state index < -0.39 is 0 Å². The molecule has 0 bridgehead atoms. The van der Waals surface area contributed by atoms with Crippen LogP contribution in [0.25, 0.3) is 10.8 Å². The minimum Gasteiger partial charge on any atom is -0.489 e. The molecule has 36 heavy (non-hydrogen) atoms. The summed E-state index contributed by atoms with van der Waals surface area (Å²) in [6, 6.07) is 5.54. The van der Waals surface area contributed by atoms with Gasteiger partial charge in [0.1, 0.15) is 0 Å². The molecule has 0 N–H and O–H groups in total. The van der Waals surface area contributed by atoms with E-state index in [9.17, 15) is 4.79 Å². The zero-order valence-electron chi connectivity index (χ0n) is 22.8. The van der Waals surface area contributed by atoms with Crippen LogP contribution in [-0.2, 0) is 4.79 Å². The first-order chi connectivity index (χ1) is 17.6. The van der Waals surface area contributed by atoms with Gasteiger partial charge in [0.05, 0.1) is 19.8 Å². The molecule has 2 aromatic carbocycles. The highest BCUT2D eigenvalue weighted by Gasteiger charge is 2.26. The van der Waals surface area contributed by atoms with Crippen molar-refractivity contribution in [2.75, 3.05) is 19.8 Å². The second-order valence-electron chi connectivity index (χ2n) is 9.25.